The first-order valence-electron chi connectivity index (χ1n) is 8.05. The Morgan fingerprint density at radius 3 is 2.62 bits per heavy atom. The Balaban J connectivity index is 1.88. The van der Waals surface area contributed by atoms with Crippen LogP contribution >= 0.6 is 23.2 Å². The molecule has 2 aromatic carbocycles. The highest BCUT2D eigenvalue weighted by Gasteiger charge is 2.32. The van der Waals surface area contributed by atoms with Gasteiger partial charge in [-0.15, -0.1) is 0 Å². The van der Waals surface area contributed by atoms with E-state index in [2.05, 4.69) is 5.32 Å². The number of anilines is 1. The van der Waals surface area contributed by atoms with E-state index in [1.165, 1.54) is 12.8 Å². The van der Waals surface area contributed by atoms with Gasteiger partial charge in [0.2, 0.25) is 5.91 Å². The summed E-state index contributed by atoms with van der Waals surface area (Å²) in [7, 11) is 0. The number of hydrogen-bond acceptors (Lipinski definition) is 2. The largest absolute Gasteiger partial charge is 0.324 e. The maximum absolute atomic E-state index is 12.6. The van der Waals surface area contributed by atoms with Crippen LogP contribution < -0.4 is 5.32 Å². The zero-order valence-electron chi connectivity index (χ0n) is 12.9. The molecule has 0 bridgehead atoms. The molecule has 1 saturated carbocycles. The number of fused-ring (bicyclic) bond motifs is 1. The van der Waals surface area contributed by atoms with Crippen molar-refractivity contribution in [2.24, 2.45) is 10.9 Å². The summed E-state index contributed by atoms with van der Waals surface area (Å²) in [5.41, 5.74) is 3.07. The second-order valence-corrected chi connectivity index (χ2v) is 7.18. The van der Waals surface area contributed by atoms with E-state index in [9.17, 15) is 4.79 Å². The molecule has 5 heteroatoms. The fourth-order valence-corrected chi connectivity index (χ4v) is 3.42. The number of nitrogens with zero attached hydrogens (tertiary/aromatic N) is 1. The molecule has 3 nitrogen and oxygen atoms in total. The van der Waals surface area contributed by atoms with Crippen LogP contribution in [0.4, 0.5) is 5.69 Å². The quantitative estimate of drug-likeness (QED) is 0.828. The summed E-state index contributed by atoms with van der Waals surface area (Å²) in [6.07, 6.45) is 3.14. The van der Waals surface area contributed by atoms with Crippen LogP contribution in [0.15, 0.2) is 47.5 Å². The van der Waals surface area contributed by atoms with Gasteiger partial charge >= 0.3 is 0 Å². The van der Waals surface area contributed by atoms with Gasteiger partial charge in [0.1, 0.15) is 6.04 Å². The zero-order chi connectivity index (χ0) is 16.7. The third-order valence-corrected chi connectivity index (χ3v) is 5.03. The Bertz CT molecular complexity index is 843. The molecule has 1 unspecified atom stereocenters. The molecule has 2 aliphatic rings. The van der Waals surface area contributed by atoms with Gasteiger partial charge in [0.25, 0.3) is 0 Å². The van der Waals surface area contributed by atoms with E-state index in [4.69, 9.17) is 28.2 Å². The Morgan fingerprint density at radius 1 is 1.08 bits per heavy atom. The van der Waals surface area contributed by atoms with Crippen LogP contribution in [0.2, 0.25) is 10.0 Å². The van der Waals surface area contributed by atoms with E-state index in [-0.39, 0.29) is 5.91 Å². The van der Waals surface area contributed by atoms with Gasteiger partial charge in [-0.25, -0.2) is 0 Å². The SMILES string of the molecule is O=C1Nc2ccc(Cl)cc2C(c2ccccc2Cl)=NC1CC1CC1. The third-order valence-electron chi connectivity index (χ3n) is 4.46. The summed E-state index contributed by atoms with van der Waals surface area (Å²) in [5, 5.41) is 4.21. The lowest BCUT2D eigenvalue weighted by atomic mass is 10.0. The minimum atomic E-state index is -0.394. The highest BCUT2D eigenvalue weighted by Crippen LogP contribution is 2.36. The first-order valence-corrected chi connectivity index (χ1v) is 8.81. The van der Waals surface area contributed by atoms with E-state index in [0.717, 1.165) is 28.9 Å². The molecule has 1 fully saturated rings. The number of halogens is 2. The Kier molecular flexibility index (Phi) is 4.07. The summed E-state index contributed by atoms with van der Waals surface area (Å²) < 4.78 is 0. The molecule has 0 spiro atoms. The smallest absolute Gasteiger partial charge is 0.249 e. The Labute approximate surface area is 150 Å². The molecule has 1 aliphatic heterocycles. The van der Waals surface area contributed by atoms with E-state index >= 15 is 0 Å². The van der Waals surface area contributed by atoms with E-state index in [1.54, 1.807) is 6.07 Å². The lowest BCUT2D eigenvalue weighted by Crippen LogP contribution is -2.26. The highest BCUT2D eigenvalue weighted by molar-refractivity contribution is 6.37. The van der Waals surface area contributed by atoms with Crippen molar-refractivity contribution in [3.63, 3.8) is 0 Å². The average Bonchev–Trinajstić information content (AvgIpc) is 3.38. The molecule has 4 rings (SSSR count). The Morgan fingerprint density at radius 2 is 1.88 bits per heavy atom. The number of rotatable bonds is 3. The maximum atomic E-state index is 12.6. The van der Waals surface area contributed by atoms with Gasteiger partial charge in [-0.2, -0.15) is 0 Å². The molecule has 1 amide bonds. The minimum absolute atomic E-state index is 0.0625. The van der Waals surface area contributed by atoms with Crippen molar-refractivity contribution >= 4 is 40.5 Å². The monoisotopic (exact) mass is 358 g/mol. The summed E-state index contributed by atoms with van der Waals surface area (Å²) in [5.74, 6) is 0.536. The molecule has 122 valence electrons. The lowest BCUT2D eigenvalue weighted by molar-refractivity contribution is -0.117. The van der Waals surface area contributed by atoms with Crippen molar-refractivity contribution in [1.29, 1.82) is 0 Å². The fraction of sp³-hybridized carbons (Fsp3) is 0.263. The minimum Gasteiger partial charge on any atom is -0.324 e. The first-order chi connectivity index (χ1) is 11.6. The van der Waals surface area contributed by atoms with Crippen LogP contribution in [0, 0.1) is 5.92 Å². The summed E-state index contributed by atoms with van der Waals surface area (Å²) >= 11 is 12.6. The molecule has 0 radical (unpaired) electrons. The van der Waals surface area contributed by atoms with Gasteiger partial charge in [-0.1, -0.05) is 54.2 Å². The summed E-state index contributed by atoms with van der Waals surface area (Å²) in [6, 6.07) is 12.6. The number of benzodiazepines with no additional fused rings is 1. The number of carbonyl (C=O) groups is 1. The van der Waals surface area contributed by atoms with Gasteiger partial charge in [0.05, 0.1) is 11.4 Å². The predicted octanol–water partition coefficient (Wildman–Crippen LogP) is 4.95. The molecule has 1 heterocycles. The topological polar surface area (TPSA) is 41.5 Å². The molecule has 1 aliphatic carbocycles. The summed E-state index contributed by atoms with van der Waals surface area (Å²) in [4.78, 5) is 17.4. The van der Waals surface area contributed by atoms with Crippen molar-refractivity contribution in [1.82, 2.24) is 0 Å². The molecule has 2 aromatic rings. The number of amides is 1. The molecule has 1 N–H and O–H groups in total. The third kappa shape index (κ3) is 3.06. The van der Waals surface area contributed by atoms with Crippen LogP contribution in [0.3, 0.4) is 0 Å². The van der Waals surface area contributed by atoms with Crippen LogP contribution in [-0.4, -0.2) is 17.7 Å². The van der Waals surface area contributed by atoms with Crippen molar-refractivity contribution in [2.75, 3.05) is 5.32 Å². The summed E-state index contributed by atoms with van der Waals surface area (Å²) in [6.45, 7) is 0. The van der Waals surface area contributed by atoms with E-state index in [0.29, 0.717) is 16.0 Å². The number of benzene rings is 2. The maximum Gasteiger partial charge on any atom is 0.249 e. The van der Waals surface area contributed by atoms with Crippen LogP contribution in [0.1, 0.15) is 30.4 Å². The second-order valence-electron chi connectivity index (χ2n) is 6.33. The van der Waals surface area contributed by atoms with Crippen LogP contribution in [-0.2, 0) is 4.79 Å². The number of aliphatic imine (C=N–C) groups is 1. The number of carbonyl (C=O) groups excluding carboxylic acids is 1. The normalized spacial score (nSPS) is 20.0. The van der Waals surface area contributed by atoms with Gasteiger partial charge in [-0.3, -0.25) is 9.79 Å². The molecule has 0 aromatic heterocycles. The van der Waals surface area contributed by atoms with Crippen molar-refractivity contribution in [3.05, 3.63) is 63.6 Å². The molecule has 1 atom stereocenters. The first kappa shape index (κ1) is 15.7. The molecular formula is C19H16Cl2N2O. The second kappa shape index (κ2) is 6.23. The molecular weight excluding hydrogens is 343 g/mol. The van der Waals surface area contributed by atoms with Crippen LogP contribution in [0.5, 0.6) is 0 Å². The number of hydrogen-bond donors (Lipinski definition) is 1. The molecule has 24 heavy (non-hydrogen) atoms. The highest BCUT2D eigenvalue weighted by atomic mass is 35.5. The van der Waals surface area contributed by atoms with Crippen molar-refractivity contribution in [2.45, 2.75) is 25.3 Å². The zero-order valence-corrected chi connectivity index (χ0v) is 14.4. The van der Waals surface area contributed by atoms with Gasteiger partial charge in [0.15, 0.2) is 0 Å². The number of nitrogens with one attached hydrogen (secondary N) is 1. The Hall–Kier alpha value is -1.84. The fourth-order valence-electron chi connectivity index (χ4n) is 3.02. The van der Waals surface area contributed by atoms with Crippen molar-refractivity contribution in [3.8, 4) is 0 Å². The predicted molar refractivity (Wildman–Crippen MR) is 98.3 cm³/mol. The lowest BCUT2D eigenvalue weighted by Gasteiger charge is -2.12. The average molecular weight is 359 g/mol. The van der Waals surface area contributed by atoms with Gasteiger partial charge in [-0.05, 0) is 36.6 Å². The van der Waals surface area contributed by atoms with E-state index < -0.39 is 6.04 Å². The van der Waals surface area contributed by atoms with Gasteiger partial charge in [0, 0.05) is 21.2 Å². The van der Waals surface area contributed by atoms with Crippen molar-refractivity contribution < 1.29 is 4.79 Å². The van der Waals surface area contributed by atoms with Crippen LogP contribution in [0.25, 0.3) is 0 Å². The molecule has 0 saturated heterocycles. The van der Waals surface area contributed by atoms with Gasteiger partial charge < -0.3 is 5.32 Å². The van der Waals surface area contributed by atoms with E-state index in [1.807, 2.05) is 36.4 Å². The standard InChI is InChI=1S/C19H16Cl2N2O/c20-12-7-8-16-14(10-12)18(13-3-1-2-4-15(13)21)22-17(19(24)23-16)9-11-5-6-11/h1-4,7-8,10-11,17H,5-6,9H2,(H,23,24).